The smallest absolute Gasteiger partial charge is 0.255 e. The van der Waals surface area contributed by atoms with Gasteiger partial charge in [-0.2, -0.15) is 0 Å². The number of benzene rings is 1. The van der Waals surface area contributed by atoms with Crippen molar-refractivity contribution in [3.05, 3.63) is 27.7 Å². The van der Waals surface area contributed by atoms with E-state index in [9.17, 15) is 9.59 Å². The molecule has 84 valence electrons. The van der Waals surface area contributed by atoms with Crippen molar-refractivity contribution in [1.29, 1.82) is 0 Å². The van der Waals surface area contributed by atoms with Gasteiger partial charge in [-0.25, -0.2) is 5.01 Å². The summed E-state index contributed by atoms with van der Waals surface area (Å²) >= 11 is 12.0. The van der Waals surface area contributed by atoms with Gasteiger partial charge in [0.25, 0.3) is 5.91 Å². The van der Waals surface area contributed by atoms with Crippen LogP contribution in [0.25, 0.3) is 0 Å². The average Bonchev–Trinajstić information content (AvgIpc) is 2.43. The maximum Gasteiger partial charge on any atom is 0.255 e. The molecule has 0 saturated carbocycles. The first-order chi connectivity index (χ1) is 7.49. The van der Waals surface area contributed by atoms with E-state index in [-0.39, 0.29) is 18.2 Å². The fraction of sp³-hybridized carbons (Fsp3) is 0.200. The van der Waals surface area contributed by atoms with Crippen molar-refractivity contribution in [2.75, 3.05) is 5.01 Å². The number of hydrazine groups is 1. The Morgan fingerprint density at radius 1 is 1.25 bits per heavy atom. The van der Waals surface area contributed by atoms with Gasteiger partial charge in [0.2, 0.25) is 5.91 Å². The quantitative estimate of drug-likeness (QED) is 0.785. The number of hydrogen-bond acceptors (Lipinski definition) is 2. The molecular formula is C10H8Cl2N2O2. The molecule has 4 nitrogen and oxygen atoms in total. The molecule has 0 radical (unpaired) electrons. The van der Waals surface area contributed by atoms with Crippen molar-refractivity contribution >= 4 is 40.7 Å². The van der Waals surface area contributed by atoms with Crippen LogP contribution < -0.4 is 10.4 Å². The highest BCUT2D eigenvalue weighted by Crippen LogP contribution is 2.35. The van der Waals surface area contributed by atoms with E-state index in [1.807, 2.05) is 6.92 Å². The van der Waals surface area contributed by atoms with Crippen LogP contribution >= 0.6 is 23.2 Å². The van der Waals surface area contributed by atoms with Crippen molar-refractivity contribution in [2.24, 2.45) is 0 Å². The van der Waals surface area contributed by atoms with Crippen molar-refractivity contribution in [2.45, 2.75) is 13.3 Å². The molecule has 1 aromatic carbocycles. The lowest BCUT2D eigenvalue weighted by Crippen LogP contribution is -2.36. The van der Waals surface area contributed by atoms with Crippen LogP contribution in [0.1, 0.15) is 12.0 Å². The van der Waals surface area contributed by atoms with Crippen LogP contribution in [0.15, 0.2) is 12.1 Å². The van der Waals surface area contributed by atoms with Crippen molar-refractivity contribution in [1.82, 2.24) is 5.43 Å². The lowest BCUT2D eigenvalue weighted by atomic mass is 10.2. The second-order valence-corrected chi connectivity index (χ2v) is 4.33. The first kappa shape index (κ1) is 11.2. The van der Waals surface area contributed by atoms with Crippen LogP contribution in [-0.2, 0) is 9.59 Å². The molecule has 16 heavy (non-hydrogen) atoms. The molecule has 1 aliphatic rings. The number of aryl methyl sites for hydroxylation is 1. The lowest BCUT2D eigenvalue weighted by Gasteiger charge is -2.18. The highest BCUT2D eigenvalue weighted by molar-refractivity contribution is 6.40. The number of carbonyl (C=O) groups is 2. The third-order valence-electron chi connectivity index (χ3n) is 2.18. The summed E-state index contributed by atoms with van der Waals surface area (Å²) in [5.41, 5.74) is 3.61. The van der Waals surface area contributed by atoms with Crippen molar-refractivity contribution < 1.29 is 9.59 Å². The van der Waals surface area contributed by atoms with E-state index < -0.39 is 0 Å². The predicted octanol–water partition coefficient (Wildman–Crippen LogP) is 2.07. The highest BCUT2D eigenvalue weighted by atomic mass is 35.5. The summed E-state index contributed by atoms with van der Waals surface area (Å²) in [4.78, 5) is 22.6. The summed E-state index contributed by atoms with van der Waals surface area (Å²) in [6.07, 6.45) is -0.180. The van der Waals surface area contributed by atoms with E-state index in [0.717, 1.165) is 10.6 Å². The Hall–Kier alpha value is -1.26. The molecule has 0 aromatic heterocycles. The third kappa shape index (κ3) is 1.86. The van der Waals surface area contributed by atoms with Crippen LogP contribution in [0.5, 0.6) is 0 Å². The molecule has 2 rings (SSSR count). The van der Waals surface area contributed by atoms with Crippen molar-refractivity contribution in [3.8, 4) is 0 Å². The number of carbonyl (C=O) groups excluding carboxylic acids is 2. The van der Waals surface area contributed by atoms with E-state index in [2.05, 4.69) is 5.43 Å². The molecule has 1 aliphatic heterocycles. The van der Waals surface area contributed by atoms with Gasteiger partial charge in [0, 0.05) is 0 Å². The van der Waals surface area contributed by atoms with E-state index in [1.165, 1.54) is 0 Å². The standard InChI is InChI=1S/C10H8Cl2N2O2/c1-5-2-6(11)10(7(12)3-5)14-9(16)4-8(15)13-14/h2-3H,4H2,1H3,(H,13,15). The minimum atomic E-state index is -0.363. The zero-order chi connectivity index (χ0) is 11.9. The van der Waals surface area contributed by atoms with Crippen LogP contribution in [0.2, 0.25) is 10.0 Å². The van der Waals surface area contributed by atoms with Gasteiger partial charge >= 0.3 is 0 Å². The van der Waals surface area contributed by atoms with Crippen molar-refractivity contribution in [3.63, 3.8) is 0 Å². The Labute approximate surface area is 102 Å². The second-order valence-electron chi connectivity index (χ2n) is 3.52. The molecule has 0 bridgehead atoms. The summed E-state index contributed by atoms with van der Waals surface area (Å²) < 4.78 is 0. The molecule has 6 heteroatoms. The van der Waals surface area contributed by atoms with Gasteiger partial charge in [-0.15, -0.1) is 0 Å². The first-order valence-electron chi connectivity index (χ1n) is 4.57. The van der Waals surface area contributed by atoms with Crippen LogP contribution in [0.4, 0.5) is 5.69 Å². The van der Waals surface area contributed by atoms with Crippen LogP contribution in [0, 0.1) is 6.92 Å². The van der Waals surface area contributed by atoms with Gasteiger partial charge in [0.1, 0.15) is 12.1 Å². The zero-order valence-corrected chi connectivity index (χ0v) is 9.89. The maximum atomic E-state index is 11.5. The normalized spacial score (nSPS) is 15.6. The number of nitrogens with one attached hydrogen (secondary N) is 1. The fourth-order valence-electron chi connectivity index (χ4n) is 1.53. The number of amides is 2. The molecule has 1 heterocycles. The molecule has 0 spiro atoms. The molecule has 0 atom stereocenters. The minimum Gasteiger partial charge on any atom is -0.273 e. The second kappa shape index (κ2) is 3.96. The number of anilines is 1. The average molecular weight is 259 g/mol. The first-order valence-corrected chi connectivity index (χ1v) is 5.32. The number of rotatable bonds is 1. The van der Waals surface area contributed by atoms with E-state index in [4.69, 9.17) is 23.2 Å². The van der Waals surface area contributed by atoms with Gasteiger partial charge in [-0.1, -0.05) is 23.2 Å². The maximum absolute atomic E-state index is 11.5. The fourth-order valence-corrected chi connectivity index (χ4v) is 2.29. The summed E-state index contributed by atoms with van der Waals surface area (Å²) in [5.74, 6) is -0.727. The Bertz CT molecular complexity index is 465. The Kier molecular flexibility index (Phi) is 2.78. The zero-order valence-electron chi connectivity index (χ0n) is 8.38. The van der Waals surface area contributed by atoms with E-state index in [1.54, 1.807) is 12.1 Å². The summed E-state index contributed by atoms with van der Waals surface area (Å²) in [6, 6.07) is 3.36. The Morgan fingerprint density at radius 3 is 2.25 bits per heavy atom. The lowest BCUT2D eigenvalue weighted by molar-refractivity contribution is -0.122. The van der Waals surface area contributed by atoms with E-state index in [0.29, 0.717) is 15.7 Å². The molecule has 1 fully saturated rings. The molecule has 2 amide bonds. The SMILES string of the molecule is Cc1cc(Cl)c(N2NC(=O)CC2=O)c(Cl)c1. The Balaban J connectivity index is 2.48. The predicted molar refractivity (Wildman–Crippen MR) is 61.4 cm³/mol. The van der Waals surface area contributed by atoms with Gasteiger partial charge in [0.15, 0.2) is 0 Å². The highest BCUT2D eigenvalue weighted by Gasteiger charge is 2.31. The molecule has 1 saturated heterocycles. The minimum absolute atomic E-state index is 0.180. The molecule has 0 aliphatic carbocycles. The largest absolute Gasteiger partial charge is 0.273 e. The topological polar surface area (TPSA) is 49.4 Å². The van der Waals surface area contributed by atoms with E-state index >= 15 is 0 Å². The van der Waals surface area contributed by atoms with Gasteiger partial charge in [-0.3, -0.25) is 15.0 Å². The Morgan fingerprint density at radius 2 is 1.81 bits per heavy atom. The molecule has 1 aromatic rings. The summed E-state index contributed by atoms with van der Waals surface area (Å²) in [5, 5.41) is 1.76. The van der Waals surface area contributed by atoms with Crippen LogP contribution in [-0.4, -0.2) is 11.8 Å². The van der Waals surface area contributed by atoms with Crippen LogP contribution in [0.3, 0.4) is 0 Å². The molecule has 1 N–H and O–H groups in total. The van der Waals surface area contributed by atoms with Gasteiger partial charge in [0.05, 0.1) is 10.0 Å². The number of halogens is 2. The summed E-state index contributed by atoms with van der Waals surface area (Å²) in [6.45, 7) is 1.84. The molecule has 0 unspecified atom stereocenters. The van der Waals surface area contributed by atoms with Gasteiger partial charge in [-0.05, 0) is 24.6 Å². The number of hydrogen-bond donors (Lipinski definition) is 1. The number of nitrogens with zero attached hydrogens (tertiary/aromatic N) is 1. The third-order valence-corrected chi connectivity index (χ3v) is 2.76. The summed E-state index contributed by atoms with van der Waals surface area (Å²) in [7, 11) is 0. The monoisotopic (exact) mass is 258 g/mol. The molecular weight excluding hydrogens is 251 g/mol. The van der Waals surface area contributed by atoms with Gasteiger partial charge < -0.3 is 0 Å².